The minimum atomic E-state index is -0.696. The Morgan fingerprint density at radius 2 is 1.96 bits per heavy atom. The SMILES string of the molecule is COc1nc(-c2ccnc(-c3cccc(NC(=O)c4nc(Br)cs4)c3C)c2Cl)ccc1CN(C[C@@H]1CCC(=O)N1)C(=O)OC(C)(C)C. The number of nitrogens with one attached hydrogen (secondary N) is 2. The second-order valence-corrected chi connectivity index (χ2v) is 14.0. The van der Waals surface area contributed by atoms with Crippen LogP contribution in [0.5, 0.6) is 5.88 Å². The van der Waals surface area contributed by atoms with Crippen molar-refractivity contribution in [3.05, 3.63) is 73.7 Å². The summed E-state index contributed by atoms with van der Waals surface area (Å²) in [6.45, 7) is 7.74. The van der Waals surface area contributed by atoms with Gasteiger partial charge in [0.05, 0.1) is 30.1 Å². The van der Waals surface area contributed by atoms with Crippen molar-refractivity contribution in [1.29, 1.82) is 0 Å². The van der Waals surface area contributed by atoms with Crippen molar-refractivity contribution in [2.75, 3.05) is 19.0 Å². The van der Waals surface area contributed by atoms with Crippen molar-refractivity contribution in [3.63, 3.8) is 0 Å². The van der Waals surface area contributed by atoms with E-state index < -0.39 is 11.7 Å². The van der Waals surface area contributed by atoms with Gasteiger partial charge in [-0.1, -0.05) is 23.7 Å². The molecule has 1 saturated heterocycles. The molecule has 4 aromatic rings. The topological polar surface area (TPSA) is 136 Å². The van der Waals surface area contributed by atoms with Crippen molar-refractivity contribution in [2.24, 2.45) is 0 Å². The molecule has 3 aromatic heterocycles. The van der Waals surface area contributed by atoms with Crippen molar-refractivity contribution in [2.45, 2.75) is 58.7 Å². The number of pyridine rings is 2. The Balaban J connectivity index is 1.42. The average Bonchev–Trinajstić information content (AvgIpc) is 3.65. The molecule has 4 heterocycles. The normalized spacial score (nSPS) is 14.4. The van der Waals surface area contributed by atoms with E-state index in [2.05, 4.69) is 36.5 Å². The third-order valence-electron chi connectivity index (χ3n) is 7.34. The molecule has 1 aliphatic rings. The number of benzene rings is 1. The van der Waals surface area contributed by atoms with E-state index in [1.165, 1.54) is 18.4 Å². The average molecular weight is 742 g/mol. The Morgan fingerprint density at radius 3 is 2.62 bits per heavy atom. The molecule has 1 aromatic carbocycles. The van der Waals surface area contributed by atoms with Crippen LogP contribution in [0.25, 0.3) is 22.5 Å². The van der Waals surface area contributed by atoms with Crippen LogP contribution in [-0.2, 0) is 16.1 Å². The van der Waals surface area contributed by atoms with Gasteiger partial charge >= 0.3 is 6.09 Å². The van der Waals surface area contributed by atoms with E-state index in [1.807, 2.05) is 37.3 Å². The predicted molar refractivity (Wildman–Crippen MR) is 185 cm³/mol. The Bertz CT molecular complexity index is 1830. The van der Waals surface area contributed by atoms with Gasteiger partial charge in [0, 0.05) is 53.0 Å². The zero-order chi connectivity index (χ0) is 33.9. The van der Waals surface area contributed by atoms with Gasteiger partial charge in [-0.3, -0.25) is 14.6 Å². The molecule has 11 nitrogen and oxygen atoms in total. The highest BCUT2D eigenvalue weighted by molar-refractivity contribution is 9.10. The van der Waals surface area contributed by atoms with Crippen LogP contribution in [0.1, 0.15) is 54.5 Å². The van der Waals surface area contributed by atoms with E-state index in [-0.39, 0.29) is 30.9 Å². The van der Waals surface area contributed by atoms with Crippen LogP contribution in [0.4, 0.5) is 10.5 Å². The monoisotopic (exact) mass is 740 g/mol. The van der Waals surface area contributed by atoms with Crippen molar-refractivity contribution in [1.82, 2.24) is 25.2 Å². The summed E-state index contributed by atoms with van der Waals surface area (Å²) in [6, 6.07) is 10.8. The van der Waals surface area contributed by atoms with E-state index in [1.54, 1.807) is 43.3 Å². The largest absolute Gasteiger partial charge is 0.481 e. The van der Waals surface area contributed by atoms with E-state index in [0.29, 0.717) is 61.6 Å². The summed E-state index contributed by atoms with van der Waals surface area (Å²) in [5, 5.41) is 8.30. The van der Waals surface area contributed by atoms with E-state index in [0.717, 1.165) is 11.1 Å². The number of carbonyl (C=O) groups is 3. The zero-order valence-electron chi connectivity index (χ0n) is 26.5. The smallest absolute Gasteiger partial charge is 0.410 e. The molecule has 3 amide bonds. The maximum absolute atomic E-state index is 13.2. The van der Waals surface area contributed by atoms with Gasteiger partial charge in [-0.05, 0) is 79.9 Å². The van der Waals surface area contributed by atoms with Gasteiger partial charge in [0.25, 0.3) is 5.91 Å². The molecule has 14 heteroatoms. The number of halogens is 2. The number of methoxy groups -OCH3 is 1. The zero-order valence-corrected chi connectivity index (χ0v) is 29.7. The van der Waals surface area contributed by atoms with Gasteiger partial charge in [-0.25, -0.2) is 14.8 Å². The second-order valence-electron chi connectivity index (χ2n) is 12.0. The molecule has 5 rings (SSSR count). The lowest BCUT2D eigenvalue weighted by Crippen LogP contribution is -2.43. The molecule has 0 aliphatic carbocycles. The fourth-order valence-electron chi connectivity index (χ4n) is 5.12. The highest BCUT2D eigenvalue weighted by Crippen LogP contribution is 2.38. The first-order valence-corrected chi connectivity index (χ1v) is 16.9. The van der Waals surface area contributed by atoms with Gasteiger partial charge in [0.15, 0.2) is 5.01 Å². The highest BCUT2D eigenvalue weighted by Gasteiger charge is 2.29. The number of nitrogens with zero attached hydrogens (tertiary/aromatic N) is 4. The van der Waals surface area contributed by atoms with Crippen LogP contribution < -0.4 is 15.4 Å². The van der Waals surface area contributed by atoms with Crippen LogP contribution in [0.3, 0.4) is 0 Å². The highest BCUT2D eigenvalue weighted by atomic mass is 79.9. The van der Waals surface area contributed by atoms with Gasteiger partial charge in [0.1, 0.15) is 10.2 Å². The molecule has 0 unspecified atom stereocenters. The standard InChI is InChI=1S/C33H34BrClN6O5S/c1-18-21(7-6-8-23(18)38-29(43)31-40-25(34)17-47-31)28-27(35)22(13-14-36-28)24-11-9-19(30(39-24)45-5)15-41(32(44)46-33(2,3)4)16-20-10-12-26(42)37-20/h6-9,11,13-14,17,20H,10,12,15-16H2,1-5H3,(H,37,42)(H,38,43)/t20-/m0/s1. The van der Waals surface area contributed by atoms with Crippen molar-refractivity contribution >= 4 is 62.5 Å². The fourth-order valence-corrected chi connectivity index (χ4v) is 6.58. The predicted octanol–water partition coefficient (Wildman–Crippen LogP) is 7.27. The van der Waals surface area contributed by atoms with Crippen LogP contribution >= 0.6 is 38.9 Å². The fraction of sp³-hybridized carbons (Fsp3) is 0.333. The van der Waals surface area contributed by atoms with Crippen LogP contribution in [0, 0.1) is 6.92 Å². The van der Waals surface area contributed by atoms with Crippen molar-refractivity contribution in [3.8, 4) is 28.4 Å². The second kappa shape index (κ2) is 14.4. The summed E-state index contributed by atoms with van der Waals surface area (Å²) in [5.74, 6) is -0.0360. The lowest BCUT2D eigenvalue weighted by atomic mass is 10.0. The van der Waals surface area contributed by atoms with E-state index in [9.17, 15) is 14.4 Å². The first kappa shape index (κ1) is 34.3. The maximum atomic E-state index is 13.2. The minimum absolute atomic E-state index is 0.0351. The number of hydrogen-bond acceptors (Lipinski definition) is 9. The van der Waals surface area contributed by atoms with Crippen molar-refractivity contribution < 1.29 is 23.9 Å². The number of anilines is 1. The Kier molecular flexibility index (Phi) is 10.5. The number of thiazole rings is 1. The quantitative estimate of drug-likeness (QED) is 0.183. The van der Waals surface area contributed by atoms with Crippen LogP contribution in [0.15, 0.2) is 52.6 Å². The summed E-state index contributed by atoms with van der Waals surface area (Å²) >= 11 is 11.5. The molecule has 47 heavy (non-hydrogen) atoms. The summed E-state index contributed by atoms with van der Waals surface area (Å²) in [7, 11) is 1.51. The number of ether oxygens (including phenoxy) is 2. The number of amides is 3. The molecule has 0 bridgehead atoms. The summed E-state index contributed by atoms with van der Waals surface area (Å²) in [4.78, 5) is 52.9. The minimum Gasteiger partial charge on any atom is -0.481 e. The molecular formula is C33H34BrClN6O5S. The first-order chi connectivity index (χ1) is 22.3. The van der Waals surface area contributed by atoms with Gasteiger partial charge in [0.2, 0.25) is 11.8 Å². The summed E-state index contributed by atoms with van der Waals surface area (Å²) in [5.41, 5.74) is 3.78. The maximum Gasteiger partial charge on any atom is 0.410 e. The first-order valence-electron chi connectivity index (χ1n) is 14.8. The number of rotatable bonds is 9. The molecular weight excluding hydrogens is 708 g/mol. The lowest BCUT2D eigenvalue weighted by molar-refractivity contribution is -0.119. The molecule has 0 spiro atoms. The van der Waals surface area contributed by atoms with Gasteiger partial charge < -0.3 is 25.0 Å². The third kappa shape index (κ3) is 8.27. The summed E-state index contributed by atoms with van der Waals surface area (Å²) in [6.07, 6.45) is 2.20. The Hall–Kier alpha value is -4.07. The van der Waals surface area contributed by atoms with Gasteiger partial charge in [-0.2, -0.15) is 0 Å². The molecule has 2 N–H and O–H groups in total. The number of carbonyl (C=O) groups excluding carboxylic acids is 3. The Morgan fingerprint density at radius 1 is 1.17 bits per heavy atom. The number of hydrogen-bond donors (Lipinski definition) is 2. The molecule has 0 saturated carbocycles. The molecule has 1 aliphatic heterocycles. The molecule has 1 atom stereocenters. The lowest BCUT2D eigenvalue weighted by Gasteiger charge is -2.29. The van der Waals surface area contributed by atoms with E-state index >= 15 is 0 Å². The van der Waals surface area contributed by atoms with Gasteiger partial charge in [-0.15, -0.1) is 11.3 Å². The van der Waals surface area contributed by atoms with Crippen LogP contribution in [0.2, 0.25) is 5.02 Å². The Labute approximate surface area is 290 Å². The van der Waals surface area contributed by atoms with E-state index in [4.69, 9.17) is 26.1 Å². The molecule has 1 fully saturated rings. The molecule has 0 radical (unpaired) electrons. The number of aromatic nitrogens is 3. The summed E-state index contributed by atoms with van der Waals surface area (Å²) < 4.78 is 11.9. The van der Waals surface area contributed by atoms with Crippen LogP contribution in [-0.4, -0.2) is 63.1 Å². The molecule has 246 valence electrons. The third-order valence-corrected chi connectivity index (χ3v) is 9.28.